The third-order valence-electron chi connectivity index (χ3n) is 4.04. The van der Waals surface area contributed by atoms with Gasteiger partial charge < -0.3 is 10.6 Å². The van der Waals surface area contributed by atoms with Crippen molar-refractivity contribution in [1.82, 2.24) is 4.98 Å². The molecule has 0 aliphatic carbocycles. The lowest BCUT2D eigenvalue weighted by molar-refractivity contribution is 0.102. The third kappa shape index (κ3) is 4.28. The van der Waals surface area contributed by atoms with Crippen LogP contribution in [0, 0.1) is 0 Å². The number of pyridine rings is 1. The van der Waals surface area contributed by atoms with E-state index in [1.54, 1.807) is 12.3 Å². The van der Waals surface area contributed by atoms with Crippen molar-refractivity contribution in [3.63, 3.8) is 0 Å². The average molecular weight is 345 g/mol. The average Bonchev–Trinajstić information content (AvgIpc) is 2.62. The second-order valence-electron chi connectivity index (χ2n) is 7.17. The van der Waals surface area contributed by atoms with Crippen LogP contribution in [0.25, 0.3) is 0 Å². The molecule has 0 atom stereocenters. The molecule has 0 unspecified atom stereocenters. The van der Waals surface area contributed by atoms with Crippen LogP contribution in [-0.4, -0.2) is 10.9 Å². The Balaban J connectivity index is 1.80. The van der Waals surface area contributed by atoms with E-state index in [2.05, 4.69) is 36.4 Å². The van der Waals surface area contributed by atoms with E-state index in [-0.39, 0.29) is 11.3 Å². The minimum absolute atomic E-state index is 0.0615. The number of carbonyl (C=O) groups is 1. The summed E-state index contributed by atoms with van der Waals surface area (Å²) in [6.45, 7) is 6.38. The molecule has 4 heteroatoms. The van der Waals surface area contributed by atoms with Gasteiger partial charge in [-0.1, -0.05) is 57.2 Å². The molecule has 0 radical (unpaired) electrons. The van der Waals surface area contributed by atoms with Crippen molar-refractivity contribution in [3.05, 3.63) is 84.2 Å². The van der Waals surface area contributed by atoms with Crippen LogP contribution in [-0.2, 0) is 5.41 Å². The predicted molar refractivity (Wildman–Crippen MR) is 107 cm³/mol. The second kappa shape index (κ2) is 7.40. The zero-order valence-corrected chi connectivity index (χ0v) is 15.3. The van der Waals surface area contributed by atoms with E-state index in [4.69, 9.17) is 0 Å². The number of carbonyl (C=O) groups excluding carboxylic acids is 1. The molecule has 0 saturated carbocycles. The van der Waals surface area contributed by atoms with Crippen molar-refractivity contribution in [2.24, 2.45) is 0 Å². The molecule has 132 valence electrons. The topological polar surface area (TPSA) is 54.0 Å². The highest BCUT2D eigenvalue weighted by Crippen LogP contribution is 2.29. The van der Waals surface area contributed by atoms with Gasteiger partial charge in [-0.3, -0.25) is 9.78 Å². The van der Waals surface area contributed by atoms with E-state index < -0.39 is 0 Å². The first-order valence-electron chi connectivity index (χ1n) is 8.62. The minimum Gasteiger partial charge on any atom is -0.355 e. The van der Waals surface area contributed by atoms with Crippen LogP contribution in [0.4, 0.5) is 17.1 Å². The number of aromatic nitrogens is 1. The van der Waals surface area contributed by atoms with Crippen molar-refractivity contribution in [2.45, 2.75) is 26.2 Å². The van der Waals surface area contributed by atoms with Gasteiger partial charge in [-0.25, -0.2) is 0 Å². The van der Waals surface area contributed by atoms with Crippen LogP contribution in [0.3, 0.4) is 0 Å². The van der Waals surface area contributed by atoms with Crippen molar-refractivity contribution in [3.8, 4) is 0 Å². The molecule has 1 aromatic heterocycles. The zero-order chi connectivity index (χ0) is 18.6. The molecule has 0 aliphatic heterocycles. The molecule has 2 aromatic carbocycles. The van der Waals surface area contributed by atoms with E-state index in [1.807, 2.05) is 60.7 Å². The van der Waals surface area contributed by atoms with E-state index in [9.17, 15) is 4.79 Å². The first-order chi connectivity index (χ1) is 12.4. The van der Waals surface area contributed by atoms with Crippen LogP contribution in [0.2, 0.25) is 0 Å². The Morgan fingerprint density at radius 3 is 2.31 bits per heavy atom. The van der Waals surface area contributed by atoms with Crippen LogP contribution >= 0.6 is 0 Å². The molecule has 0 bridgehead atoms. The van der Waals surface area contributed by atoms with Crippen LogP contribution in [0.15, 0.2) is 72.9 Å². The summed E-state index contributed by atoms with van der Waals surface area (Å²) in [5.74, 6) is -0.224. The van der Waals surface area contributed by atoms with Gasteiger partial charge in [0.05, 0.1) is 0 Å². The Hall–Kier alpha value is -3.14. The van der Waals surface area contributed by atoms with Gasteiger partial charge in [-0.2, -0.15) is 0 Å². The number of anilines is 3. The standard InChI is InChI=1S/C22H23N3O/c1-22(2,3)18-11-7-8-12-19(18)25-21(26)20-15-17(13-14-23-20)24-16-9-5-4-6-10-16/h4-15H,1-3H3,(H,23,24)(H,25,26). The van der Waals surface area contributed by atoms with E-state index >= 15 is 0 Å². The number of nitrogens with zero attached hydrogens (tertiary/aromatic N) is 1. The third-order valence-corrected chi connectivity index (χ3v) is 4.04. The van der Waals surface area contributed by atoms with Crippen LogP contribution in [0.5, 0.6) is 0 Å². The van der Waals surface area contributed by atoms with Gasteiger partial charge in [0.2, 0.25) is 0 Å². The molecule has 3 aromatic rings. The fraction of sp³-hybridized carbons (Fsp3) is 0.182. The van der Waals surface area contributed by atoms with Crippen molar-refractivity contribution in [2.75, 3.05) is 10.6 Å². The lowest BCUT2D eigenvalue weighted by Gasteiger charge is -2.23. The molecule has 4 nitrogen and oxygen atoms in total. The van der Waals surface area contributed by atoms with Gasteiger partial charge in [-0.05, 0) is 41.3 Å². The summed E-state index contributed by atoms with van der Waals surface area (Å²) in [5, 5.41) is 6.27. The maximum Gasteiger partial charge on any atom is 0.274 e. The number of benzene rings is 2. The Morgan fingerprint density at radius 2 is 1.58 bits per heavy atom. The molecule has 2 N–H and O–H groups in total. The van der Waals surface area contributed by atoms with Gasteiger partial charge >= 0.3 is 0 Å². The largest absolute Gasteiger partial charge is 0.355 e. The molecule has 0 fully saturated rings. The molecule has 1 heterocycles. The summed E-state index contributed by atoms with van der Waals surface area (Å²) in [6.07, 6.45) is 1.63. The first-order valence-corrected chi connectivity index (χ1v) is 8.62. The summed E-state index contributed by atoms with van der Waals surface area (Å²) < 4.78 is 0. The first kappa shape index (κ1) is 17.7. The highest BCUT2D eigenvalue weighted by molar-refractivity contribution is 6.03. The smallest absolute Gasteiger partial charge is 0.274 e. The quantitative estimate of drug-likeness (QED) is 0.668. The van der Waals surface area contributed by atoms with Crippen LogP contribution in [0.1, 0.15) is 36.8 Å². The Kier molecular flexibility index (Phi) is 5.03. The second-order valence-corrected chi connectivity index (χ2v) is 7.17. The Labute approximate surface area is 154 Å². The molecule has 0 spiro atoms. The molecule has 0 aliphatic rings. The molecule has 0 saturated heterocycles. The monoisotopic (exact) mass is 345 g/mol. The molecular formula is C22H23N3O. The van der Waals surface area contributed by atoms with Gasteiger partial charge in [-0.15, -0.1) is 0 Å². The van der Waals surface area contributed by atoms with E-state index in [0.717, 1.165) is 22.6 Å². The number of hydrogen-bond acceptors (Lipinski definition) is 3. The molecule has 1 amide bonds. The number of amides is 1. The zero-order valence-electron chi connectivity index (χ0n) is 15.3. The number of hydrogen-bond donors (Lipinski definition) is 2. The predicted octanol–water partition coefficient (Wildman–Crippen LogP) is 5.38. The van der Waals surface area contributed by atoms with Crippen LogP contribution < -0.4 is 10.6 Å². The number of nitrogens with one attached hydrogen (secondary N) is 2. The van der Waals surface area contributed by atoms with Gasteiger partial charge in [0.15, 0.2) is 0 Å². The molecule has 3 rings (SSSR count). The lowest BCUT2D eigenvalue weighted by atomic mass is 9.86. The Bertz CT molecular complexity index is 899. The molecular weight excluding hydrogens is 322 g/mol. The SMILES string of the molecule is CC(C)(C)c1ccccc1NC(=O)c1cc(Nc2ccccc2)ccn1. The van der Waals surface area contributed by atoms with E-state index in [1.165, 1.54) is 0 Å². The molecule has 26 heavy (non-hydrogen) atoms. The highest BCUT2D eigenvalue weighted by Gasteiger charge is 2.19. The van der Waals surface area contributed by atoms with Crippen molar-refractivity contribution >= 4 is 23.0 Å². The van der Waals surface area contributed by atoms with Gasteiger partial charge in [0, 0.05) is 23.3 Å². The van der Waals surface area contributed by atoms with E-state index in [0.29, 0.717) is 5.69 Å². The van der Waals surface area contributed by atoms with Crippen molar-refractivity contribution < 1.29 is 4.79 Å². The lowest BCUT2D eigenvalue weighted by Crippen LogP contribution is -2.19. The Morgan fingerprint density at radius 1 is 0.885 bits per heavy atom. The summed E-state index contributed by atoms with van der Waals surface area (Å²) in [4.78, 5) is 16.9. The number of rotatable bonds is 4. The summed E-state index contributed by atoms with van der Waals surface area (Å²) in [6, 6.07) is 21.3. The van der Waals surface area contributed by atoms with Gasteiger partial charge in [0.25, 0.3) is 5.91 Å². The summed E-state index contributed by atoms with van der Waals surface area (Å²) in [7, 11) is 0. The fourth-order valence-corrected chi connectivity index (χ4v) is 2.75. The normalized spacial score (nSPS) is 11.0. The fourth-order valence-electron chi connectivity index (χ4n) is 2.75. The van der Waals surface area contributed by atoms with Gasteiger partial charge in [0.1, 0.15) is 5.69 Å². The maximum atomic E-state index is 12.7. The maximum absolute atomic E-state index is 12.7. The summed E-state index contributed by atoms with van der Waals surface area (Å²) >= 11 is 0. The van der Waals surface area contributed by atoms with Crippen molar-refractivity contribution in [1.29, 1.82) is 0 Å². The number of para-hydroxylation sites is 2. The minimum atomic E-state index is -0.224. The highest BCUT2D eigenvalue weighted by atomic mass is 16.1. The summed E-state index contributed by atoms with van der Waals surface area (Å²) in [5.41, 5.74) is 3.99.